The van der Waals surface area contributed by atoms with Crippen LogP contribution in [0.4, 0.5) is 0 Å². The van der Waals surface area contributed by atoms with Crippen molar-refractivity contribution in [2.45, 2.75) is 51.5 Å². The Balaban J connectivity index is 2.47. The molecular formula is C15H22ClNO. The SMILES string of the molecule is COc1c(CC(C)N)cc2c(c1Cl)CCCCC2. The molecule has 18 heavy (non-hydrogen) atoms. The summed E-state index contributed by atoms with van der Waals surface area (Å²) >= 11 is 6.52. The van der Waals surface area contributed by atoms with Crippen LogP contribution in [0.15, 0.2) is 6.07 Å². The van der Waals surface area contributed by atoms with Gasteiger partial charge in [0.15, 0.2) is 0 Å². The third-order valence-corrected chi connectivity index (χ3v) is 4.01. The molecule has 3 heteroatoms. The van der Waals surface area contributed by atoms with Gasteiger partial charge in [0, 0.05) is 6.04 Å². The average Bonchev–Trinajstić information content (AvgIpc) is 2.54. The van der Waals surface area contributed by atoms with Crippen molar-refractivity contribution in [2.75, 3.05) is 7.11 Å². The van der Waals surface area contributed by atoms with E-state index in [0.717, 1.165) is 35.6 Å². The summed E-state index contributed by atoms with van der Waals surface area (Å²) in [6.07, 6.45) is 6.79. The molecule has 0 aromatic heterocycles. The first-order chi connectivity index (χ1) is 8.63. The fourth-order valence-electron chi connectivity index (χ4n) is 2.79. The zero-order valence-electron chi connectivity index (χ0n) is 11.3. The van der Waals surface area contributed by atoms with Gasteiger partial charge in [-0.15, -0.1) is 0 Å². The first-order valence-corrected chi connectivity index (χ1v) is 7.14. The van der Waals surface area contributed by atoms with E-state index < -0.39 is 0 Å². The Bertz CT molecular complexity index is 429. The molecule has 0 amide bonds. The third kappa shape index (κ3) is 2.81. The maximum atomic E-state index is 6.52. The molecule has 0 spiro atoms. The lowest BCUT2D eigenvalue weighted by atomic mass is 9.96. The van der Waals surface area contributed by atoms with E-state index in [1.807, 2.05) is 6.92 Å². The molecule has 1 unspecified atom stereocenters. The van der Waals surface area contributed by atoms with Crippen molar-refractivity contribution >= 4 is 11.6 Å². The van der Waals surface area contributed by atoms with Gasteiger partial charge < -0.3 is 10.5 Å². The van der Waals surface area contributed by atoms with Gasteiger partial charge in [-0.2, -0.15) is 0 Å². The smallest absolute Gasteiger partial charge is 0.140 e. The number of fused-ring (bicyclic) bond motifs is 1. The Morgan fingerprint density at radius 1 is 1.33 bits per heavy atom. The van der Waals surface area contributed by atoms with Gasteiger partial charge in [0.2, 0.25) is 0 Å². The Morgan fingerprint density at radius 3 is 2.72 bits per heavy atom. The van der Waals surface area contributed by atoms with E-state index in [0.29, 0.717) is 0 Å². The van der Waals surface area contributed by atoms with Gasteiger partial charge in [-0.25, -0.2) is 0 Å². The number of methoxy groups -OCH3 is 1. The molecule has 0 bridgehead atoms. The summed E-state index contributed by atoms with van der Waals surface area (Å²) in [6, 6.07) is 2.38. The van der Waals surface area contributed by atoms with Gasteiger partial charge in [0.1, 0.15) is 5.75 Å². The van der Waals surface area contributed by atoms with Crippen LogP contribution in [0.25, 0.3) is 0 Å². The van der Waals surface area contributed by atoms with E-state index in [-0.39, 0.29) is 6.04 Å². The van der Waals surface area contributed by atoms with E-state index >= 15 is 0 Å². The Morgan fingerprint density at radius 2 is 2.06 bits per heavy atom. The molecule has 1 aliphatic rings. The summed E-state index contributed by atoms with van der Waals surface area (Å²) < 4.78 is 5.50. The highest BCUT2D eigenvalue weighted by atomic mass is 35.5. The molecule has 1 aromatic rings. The van der Waals surface area contributed by atoms with E-state index in [1.54, 1.807) is 7.11 Å². The van der Waals surface area contributed by atoms with Crippen molar-refractivity contribution in [3.63, 3.8) is 0 Å². The molecule has 1 aliphatic carbocycles. The van der Waals surface area contributed by atoms with Crippen LogP contribution in [0.3, 0.4) is 0 Å². The van der Waals surface area contributed by atoms with Crippen molar-refractivity contribution in [1.82, 2.24) is 0 Å². The van der Waals surface area contributed by atoms with E-state index in [4.69, 9.17) is 22.1 Å². The first kappa shape index (κ1) is 13.7. The van der Waals surface area contributed by atoms with Gasteiger partial charge in [-0.3, -0.25) is 0 Å². The van der Waals surface area contributed by atoms with Crippen molar-refractivity contribution in [2.24, 2.45) is 5.73 Å². The minimum absolute atomic E-state index is 0.124. The number of nitrogens with two attached hydrogens (primary N) is 1. The predicted molar refractivity (Wildman–Crippen MR) is 76.6 cm³/mol. The number of hydrogen-bond acceptors (Lipinski definition) is 2. The highest BCUT2D eigenvalue weighted by Gasteiger charge is 2.19. The Hall–Kier alpha value is -0.730. The molecule has 0 radical (unpaired) electrons. The number of hydrogen-bond donors (Lipinski definition) is 1. The summed E-state index contributed by atoms with van der Waals surface area (Å²) in [5.41, 5.74) is 9.75. The van der Waals surface area contributed by atoms with Crippen molar-refractivity contribution in [1.29, 1.82) is 0 Å². The van der Waals surface area contributed by atoms with Gasteiger partial charge in [-0.05, 0) is 55.7 Å². The molecule has 0 saturated carbocycles. The summed E-state index contributed by atoms with van der Waals surface area (Å²) in [5, 5.41) is 0.813. The lowest BCUT2D eigenvalue weighted by Crippen LogP contribution is -2.18. The molecule has 0 aliphatic heterocycles. The maximum absolute atomic E-state index is 6.52. The normalized spacial score (nSPS) is 16.9. The maximum Gasteiger partial charge on any atom is 0.140 e. The Labute approximate surface area is 114 Å². The fraction of sp³-hybridized carbons (Fsp3) is 0.600. The monoisotopic (exact) mass is 267 g/mol. The quantitative estimate of drug-likeness (QED) is 0.851. The van der Waals surface area contributed by atoms with Gasteiger partial charge in [0.05, 0.1) is 12.1 Å². The number of benzene rings is 1. The topological polar surface area (TPSA) is 35.2 Å². The predicted octanol–water partition coefficient (Wildman–Crippen LogP) is 3.51. The van der Waals surface area contributed by atoms with Crippen molar-refractivity contribution in [3.8, 4) is 5.75 Å². The van der Waals surface area contributed by atoms with E-state index in [1.165, 1.54) is 30.4 Å². The summed E-state index contributed by atoms with van der Waals surface area (Å²) in [6.45, 7) is 2.01. The summed E-state index contributed by atoms with van der Waals surface area (Å²) in [7, 11) is 1.69. The number of halogens is 1. The molecule has 0 heterocycles. The minimum Gasteiger partial charge on any atom is -0.495 e. The molecule has 2 N–H and O–H groups in total. The largest absolute Gasteiger partial charge is 0.495 e. The van der Waals surface area contributed by atoms with Crippen LogP contribution in [-0.4, -0.2) is 13.2 Å². The second-order valence-corrected chi connectivity index (χ2v) is 5.64. The summed E-state index contributed by atoms with van der Waals surface area (Å²) in [5.74, 6) is 0.828. The van der Waals surface area contributed by atoms with Crippen LogP contribution in [0.1, 0.15) is 42.9 Å². The van der Waals surface area contributed by atoms with Crippen LogP contribution in [0.2, 0.25) is 5.02 Å². The van der Waals surface area contributed by atoms with Gasteiger partial charge in [0.25, 0.3) is 0 Å². The molecule has 0 fully saturated rings. The molecular weight excluding hydrogens is 246 g/mol. The van der Waals surface area contributed by atoms with Crippen LogP contribution >= 0.6 is 11.6 Å². The molecule has 2 nitrogen and oxygen atoms in total. The molecule has 0 saturated heterocycles. The van der Waals surface area contributed by atoms with Crippen molar-refractivity contribution < 1.29 is 4.74 Å². The van der Waals surface area contributed by atoms with Gasteiger partial charge in [-0.1, -0.05) is 24.1 Å². The lowest BCUT2D eigenvalue weighted by Gasteiger charge is -2.18. The molecule has 2 rings (SSSR count). The number of ether oxygens (including phenoxy) is 1. The van der Waals surface area contributed by atoms with Crippen LogP contribution in [-0.2, 0) is 19.3 Å². The van der Waals surface area contributed by atoms with Crippen molar-refractivity contribution in [3.05, 3.63) is 27.8 Å². The molecule has 1 aromatic carbocycles. The second kappa shape index (κ2) is 5.94. The van der Waals surface area contributed by atoms with Crippen LogP contribution < -0.4 is 10.5 Å². The zero-order chi connectivity index (χ0) is 13.1. The standard InChI is InChI=1S/C15H22ClNO/c1-10(17)8-12-9-11-6-4-3-5-7-13(11)14(16)15(12)18-2/h9-10H,3-8,17H2,1-2H3. The highest BCUT2D eigenvalue weighted by Crippen LogP contribution is 2.38. The molecule has 100 valence electrons. The number of rotatable bonds is 3. The minimum atomic E-state index is 0.124. The third-order valence-electron chi connectivity index (χ3n) is 3.61. The summed E-state index contributed by atoms with van der Waals surface area (Å²) in [4.78, 5) is 0. The van der Waals surface area contributed by atoms with Crippen LogP contribution in [0, 0.1) is 0 Å². The van der Waals surface area contributed by atoms with E-state index in [9.17, 15) is 0 Å². The van der Waals surface area contributed by atoms with Gasteiger partial charge >= 0.3 is 0 Å². The zero-order valence-corrected chi connectivity index (χ0v) is 12.0. The lowest BCUT2D eigenvalue weighted by molar-refractivity contribution is 0.408. The number of aryl methyl sites for hydroxylation is 1. The second-order valence-electron chi connectivity index (χ2n) is 5.26. The van der Waals surface area contributed by atoms with Crippen LogP contribution in [0.5, 0.6) is 5.75 Å². The first-order valence-electron chi connectivity index (χ1n) is 6.76. The van der Waals surface area contributed by atoms with E-state index in [2.05, 4.69) is 6.07 Å². The highest BCUT2D eigenvalue weighted by molar-refractivity contribution is 6.33. The average molecular weight is 268 g/mol. The molecule has 1 atom stereocenters. The fourth-order valence-corrected chi connectivity index (χ4v) is 3.20. The Kier molecular flexibility index (Phi) is 4.52.